The zero-order valence-corrected chi connectivity index (χ0v) is 12.5. The summed E-state index contributed by atoms with van der Waals surface area (Å²) in [5, 5.41) is 7.27. The predicted molar refractivity (Wildman–Crippen MR) is 79.8 cm³/mol. The number of alkyl halides is 2. The Morgan fingerprint density at radius 3 is 3.05 bits per heavy atom. The monoisotopic (exact) mass is 307 g/mol. The molecule has 0 amide bonds. The number of hydrogen-bond donors (Lipinski definition) is 1. The third kappa shape index (κ3) is 3.24. The van der Waals surface area contributed by atoms with Crippen molar-refractivity contribution in [2.45, 2.75) is 32.5 Å². The van der Waals surface area contributed by atoms with E-state index >= 15 is 0 Å². The molecule has 1 N–H and O–H groups in total. The Morgan fingerprint density at radius 2 is 2.23 bits per heavy atom. The number of rotatable bonds is 6. The minimum atomic E-state index is -2.42. The summed E-state index contributed by atoms with van der Waals surface area (Å²) in [6.45, 7) is 1.78. The van der Waals surface area contributed by atoms with E-state index in [4.69, 9.17) is 0 Å². The Bertz CT molecular complexity index is 641. The predicted octanol–water partition coefficient (Wildman–Crippen LogP) is 2.14. The summed E-state index contributed by atoms with van der Waals surface area (Å²) in [7, 11) is 1.95. The van der Waals surface area contributed by atoms with Gasteiger partial charge in [-0.25, -0.2) is 18.4 Å². The lowest BCUT2D eigenvalue weighted by atomic mass is 10.1. The first kappa shape index (κ1) is 14.9. The zero-order chi connectivity index (χ0) is 15.5. The highest BCUT2D eigenvalue weighted by atomic mass is 19.3. The van der Waals surface area contributed by atoms with Crippen molar-refractivity contribution < 1.29 is 8.78 Å². The van der Waals surface area contributed by atoms with Crippen molar-refractivity contribution in [1.82, 2.24) is 19.7 Å². The molecule has 0 fully saturated rings. The number of nitrogens with one attached hydrogen (secondary N) is 1. The fraction of sp³-hybridized carbons (Fsp3) is 0.467. The van der Waals surface area contributed by atoms with Crippen molar-refractivity contribution in [2.24, 2.45) is 0 Å². The van der Waals surface area contributed by atoms with Crippen LogP contribution in [0.5, 0.6) is 0 Å². The van der Waals surface area contributed by atoms with E-state index in [9.17, 15) is 8.78 Å². The van der Waals surface area contributed by atoms with Crippen LogP contribution in [-0.2, 0) is 26.1 Å². The number of anilines is 1. The highest BCUT2D eigenvalue weighted by Crippen LogP contribution is 2.27. The lowest BCUT2D eigenvalue weighted by molar-refractivity contribution is 0.119. The van der Waals surface area contributed by atoms with Crippen molar-refractivity contribution in [3.8, 4) is 0 Å². The number of hydrogen-bond acceptors (Lipinski definition) is 4. The third-order valence-corrected chi connectivity index (χ3v) is 3.79. The van der Waals surface area contributed by atoms with Crippen LogP contribution in [0.3, 0.4) is 0 Å². The van der Waals surface area contributed by atoms with E-state index in [1.807, 2.05) is 7.05 Å². The molecule has 0 radical (unpaired) electrons. The van der Waals surface area contributed by atoms with Gasteiger partial charge in [-0.2, -0.15) is 5.10 Å². The summed E-state index contributed by atoms with van der Waals surface area (Å²) in [6.07, 6.45) is -0.0458. The Balaban J connectivity index is 1.67. The SMILES string of the molecule is CN(Cc1cccc2c1NCC2)Cc1ncnn1CC(F)F. The summed E-state index contributed by atoms with van der Waals surface area (Å²) < 4.78 is 26.3. The summed E-state index contributed by atoms with van der Waals surface area (Å²) in [5.41, 5.74) is 3.77. The quantitative estimate of drug-likeness (QED) is 0.888. The van der Waals surface area contributed by atoms with Gasteiger partial charge in [0.2, 0.25) is 0 Å². The molecule has 0 spiro atoms. The number of aromatic nitrogens is 3. The molecule has 0 unspecified atom stereocenters. The van der Waals surface area contributed by atoms with Crippen molar-refractivity contribution in [3.63, 3.8) is 0 Å². The van der Waals surface area contributed by atoms with E-state index in [-0.39, 0.29) is 0 Å². The van der Waals surface area contributed by atoms with Crippen LogP contribution in [0, 0.1) is 0 Å². The van der Waals surface area contributed by atoms with Gasteiger partial charge in [-0.05, 0) is 24.6 Å². The molecule has 118 valence electrons. The number of benzene rings is 1. The van der Waals surface area contributed by atoms with Crippen LogP contribution in [0.25, 0.3) is 0 Å². The van der Waals surface area contributed by atoms with E-state index in [0.717, 1.165) is 19.5 Å². The Labute approximate surface area is 128 Å². The van der Waals surface area contributed by atoms with Gasteiger partial charge < -0.3 is 5.32 Å². The van der Waals surface area contributed by atoms with E-state index in [2.05, 4.69) is 38.5 Å². The van der Waals surface area contributed by atoms with Crippen LogP contribution in [0.15, 0.2) is 24.5 Å². The van der Waals surface area contributed by atoms with Crippen molar-refractivity contribution in [2.75, 3.05) is 18.9 Å². The molecule has 1 aliphatic rings. The van der Waals surface area contributed by atoms with Crippen molar-refractivity contribution >= 4 is 5.69 Å². The van der Waals surface area contributed by atoms with Crippen LogP contribution >= 0.6 is 0 Å². The highest BCUT2D eigenvalue weighted by molar-refractivity contribution is 5.61. The maximum Gasteiger partial charge on any atom is 0.257 e. The molecule has 2 heterocycles. The first-order chi connectivity index (χ1) is 10.6. The van der Waals surface area contributed by atoms with Gasteiger partial charge in [0, 0.05) is 18.8 Å². The largest absolute Gasteiger partial charge is 0.384 e. The summed E-state index contributed by atoms with van der Waals surface area (Å²) >= 11 is 0. The molecule has 0 aliphatic carbocycles. The molecule has 2 aromatic rings. The first-order valence-electron chi connectivity index (χ1n) is 7.31. The van der Waals surface area contributed by atoms with Crippen LogP contribution in [-0.4, -0.2) is 39.7 Å². The van der Waals surface area contributed by atoms with Gasteiger partial charge in [-0.3, -0.25) is 4.90 Å². The topological polar surface area (TPSA) is 46.0 Å². The number of para-hydroxylation sites is 1. The molecule has 0 atom stereocenters. The van der Waals surface area contributed by atoms with Gasteiger partial charge in [-0.1, -0.05) is 18.2 Å². The molecule has 1 aliphatic heterocycles. The van der Waals surface area contributed by atoms with Gasteiger partial charge in [0.05, 0.1) is 6.54 Å². The number of fused-ring (bicyclic) bond motifs is 1. The molecule has 1 aromatic heterocycles. The Hall–Kier alpha value is -2.02. The fourth-order valence-corrected chi connectivity index (χ4v) is 2.82. The minimum Gasteiger partial charge on any atom is -0.384 e. The van der Waals surface area contributed by atoms with E-state index in [1.165, 1.54) is 27.8 Å². The second-order valence-corrected chi connectivity index (χ2v) is 5.55. The van der Waals surface area contributed by atoms with Gasteiger partial charge in [0.25, 0.3) is 6.43 Å². The van der Waals surface area contributed by atoms with Crippen LogP contribution in [0.2, 0.25) is 0 Å². The lowest BCUT2D eigenvalue weighted by Crippen LogP contribution is -2.22. The Morgan fingerprint density at radius 1 is 1.36 bits per heavy atom. The van der Waals surface area contributed by atoms with Crippen molar-refractivity contribution in [1.29, 1.82) is 0 Å². The van der Waals surface area contributed by atoms with Gasteiger partial charge in [0.15, 0.2) is 0 Å². The normalized spacial score (nSPS) is 13.7. The molecule has 0 saturated carbocycles. The lowest BCUT2D eigenvalue weighted by Gasteiger charge is -2.18. The second-order valence-electron chi connectivity index (χ2n) is 5.55. The fourth-order valence-electron chi connectivity index (χ4n) is 2.82. The summed E-state index contributed by atoms with van der Waals surface area (Å²) in [6, 6.07) is 6.30. The van der Waals surface area contributed by atoms with Gasteiger partial charge >= 0.3 is 0 Å². The molecule has 0 bridgehead atoms. The average Bonchev–Trinajstić information content (AvgIpc) is 3.08. The van der Waals surface area contributed by atoms with Crippen LogP contribution in [0.4, 0.5) is 14.5 Å². The maximum atomic E-state index is 12.5. The average molecular weight is 307 g/mol. The van der Waals surface area contributed by atoms with E-state index < -0.39 is 13.0 Å². The Kier molecular flexibility index (Phi) is 4.33. The molecule has 3 rings (SSSR count). The minimum absolute atomic E-state index is 0.411. The molecule has 7 heteroatoms. The molecule has 5 nitrogen and oxygen atoms in total. The second kappa shape index (κ2) is 6.39. The highest BCUT2D eigenvalue weighted by Gasteiger charge is 2.16. The molecule has 22 heavy (non-hydrogen) atoms. The molecular weight excluding hydrogens is 288 g/mol. The van der Waals surface area contributed by atoms with Crippen molar-refractivity contribution in [3.05, 3.63) is 41.5 Å². The standard InChI is InChI=1S/C15H19F2N5/c1-21(9-14-19-10-20-22(14)8-13(16)17)7-12-4-2-3-11-5-6-18-15(11)12/h2-4,10,13,18H,5-9H2,1H3. The molecular formula is C15H19F2N5. The summed E-state index contributed by atoms with van der Waals surface area (Å²) in [5.74, 6) is 0.559. The smallest absolute Gasteiger partial charge is 0.257 e. The summed E-state index contributed by atoms with van der Waals surface area (Å²) in [4.78, 5) is 6.14. The van der Waals surface area contributed by atoms with Crippen LogP contribution < -0.4 is 5.32 Å². The van der Waals surface area contributed by atoms with E-state index in [0.29, 0.717) is 12.4 Å². The number of nitrogens with zero attached hydrogens (tertiary/aromatic N) is 4. The zero-order valence-electron chi connectivity index (χ0n) is 12.5. The van der Waals surface area contributed by atoms with Gasteiger partial charge in [-0.15, -0.1) is 0 Å². The van der Waals surface area contributed by atoms with Crippen LogP contribution in [0.1, 0.15) is 17.0 Å². The third-order valence-electron chi connectivity index (χ3n) is 3.79. The van der Waals surface area contributed by atoms with E-state index in [1.54, 1.807) is 0 Å². The maximum absolute atomic E-state index is 12.5. The van der Waals surface area contributed by atoms with Gasteiger partial charge in [0.1, 0.15) is 18.7 Å². The number of halogens is 2. The molecule has 0 saturated heterocycles. The molecule has 1 aromatic carbocycles. The first-order valence-corrected chi connectivity index (χ1v) is 7.31.